The maximum atomic E-state index is 13.4. The third kappa shape index (κ3) is 3.86. The highest BCUT2D eigenvalue weighted by atomic mass is 32.2. The topological polar surface area (TPSA) is 54.5 Å². The zero-order valence-corrected chi connectivity index (χ0v) is 12.2. The van der Waals surface area contributed by atoms with Crippen molar-refractivity contribution in [1.29, 1.82) is 0 Å². The van der Waals surface area contributed by atoms with Crippen LogP contribution in [-0.4, -0.2) is 50.2 Å². The Morgan fingerprint density at radius 3 is 2.70 bits per heavy atom. The molecule has 1 aromatic rings. The van der Waals surface area contributed by atoms with Gasteiger partial charge in [0.1, 0.15) is 5.82 Å². The minimum absolute atomic E-state index is 0.0382. The summed E-state index contributed by atoms with van der Waals surface area (Å²) in [5.74, 6) is -0.200. The van der Waals surface area contributed by atoms with Gasteiger partial charge < -0.3 is 0 Å². The molecular formula is C14H18FNO3S. The van der Waals surface area contributed by atoms with Crippen LogP contribution < -0.4 is 0 Å². The van der Waals surface area contributed by atoms with E-state index in [-0.39, 0.29) is 42.1 Å². The van der Waals surface area contributed by atoms with Crippen LogP contribution in [0.4, 0.5) is 4.39 Å². The van der Waals surface area contributed by atoms with Crippen molar-refractivity contribution in [2.24, 2.45) is 0 Å². The molecule has 4 nitrogen and oxygen atoms in total. The van der Waals surface area contributed by atoms with Gasteiger partial charge in [-0.1, -0.05) is 18.2 Å². The van der Waals surface area contributed by atoms with E-state index in [1.165, 1.54) is 6.07 Å². The van der Waals surface area contributed by atoms with Crippen molar-refractivity contribution in [3.05, 3.63) is 35.6 Å². The van der Waals surface area contributed by atoms with Crippen LogP contribution in [0.2, 0.25) is 0 Å². The van der Waals surface area contributed by atoms with E-state index < -0.39 is 9.84 Å². The third-order valence-corrected chi connectivity index (χ3v) is 5.35. The van der Waals surface area contributed by atoms with Crippen LogP contribution in [0.15, 0.2) is 24.3 Å². The largest absolute Gasteiger partial charge is 0.298 e. The summed E-state index contributed by atoms with van der Waals surface area (Å²) >= 11 is 0. The number of benzene rings is 1. The number of carbonyl (C=O) groups is 1. The van der Waals surface area contributed by atoms with Crippen LogP contribution in [0.1, 0.15) is 12.0 Å². The SMILES string of the molecule is CN(CC(=O)Cc1ccccc1F)C1CCS(=O)(=O)C1. The van der Waals surface area contributed by atoms with Crippen LogP contribution in [-0.2, 0) is 21.1 Å². The molecule has 1 saturated heterocycles. The van der Waals surface area contributed by atoms with Gasteiger partial charge in [0, 0.05) is 12.5 Å². The molecule has 1 aromatic carbocycles. The molecule has 0 aliphatic carbocycles. The number of halogens is 1. The van der Waals surface area contributed by atoms with E-state index in [2.05, 4.69) is 0 Å². The molecule has 1 atom stereocenters. The molecule has 0 amide bonds. The number of rotatable bonds is 5. The summed E-state index contributed by atoms with van der Waals surface area (Å²) < 4.78 is 36.3. The number of sulfone groups is 1. The van der Waals surface area contributed by atoms with Crippen molar-refractivity contribution >= 4 is 15.6 Å². The van der Waals surface area contributed by atoms with Gasteiger partial charge in [-0.15, -0.1) is 0 Å². The number of ketones is 1. The fourth-order valence-corrected chi connectivity index (χ4v) is 4.25. The molecule has 1 unspecified atom stereocenters. The first-order valence-electron chi connectivity index (χ1n) is 6.53. The summed E-state index contributed by atoms with van der Waals surface area (Å²) in [7, 11) is -1.21. The van der Waals surface area contributed by atoms with Crippen molar-refractivity contribution < 1.29 is 17.6 Å². The monoisotopic (exact) mass is 299 g/mol. The predicted molar refractivity (Wildman–Crippen MR) is 74.8 cm³/mol. The summed E-state index contributed by atoms with van der Waals surface area (Å²) in [6.45, 7) is 0.147. The second kappa shape index (κ2) is 6.01. The van der Waals surface area contributed by atoms with Gasteiger partial charge in [-0.2, -0.15) is 0 Å². The molecule has 0 saturated carbocycles. The zero-order chi connectivity index (χ0) is 14.8. The van der Waals surface area contributed by atoms with Gasteiger partial charge in [-0.05, 0) is 25.1 Å². The molecule has 0 radical (unpaired) electrons. The highest BCUT2D eigenvalue weighted by Crippen LogP contribution is 2.16. The molecule has 0 aromatic heterocycles. The molecule has 1 aliphatic heterocycles. The Balaban J connectivity index is 1.90. The van der Waals surface area contributed by atoms with Gasteiger partial charge in [0.25, 0.3) is 0 Å². The lowest BCUT2D eigenvalue weighted by atomic mass is 10.1. The molecule has 2 rings (SSSR count). The first-order valence-corrected chi connectivity index (χ1v) is 8.35. The fourth-order valence-electron chi connectivity index (χ4n) is 2.44. The summed E-state index contributed by atoms with van der Waals surface area (Å²) in [4.78, 5) is 13.7. The molecule has 0 spiro atoms. The highest BCUT2D eigenvalue weighted by molar-refractivity contribution is 7.91. The summed E-state index contributed by atoms with van der Waals surface area (Å²) in [6, 6.07) is 6.09. The molecule has 1 fully saturated rings. The lowest BCUT2D eigenvalue weighted by molar-refractivity contribution is -0.119. The van der Waals surface area contributed by atoms with Gasteiger partial charge in [-0.3, -0.25) is 9.69 Å². The minimum atomic E-state index is -2.95. The van der Waals surface area contributed by atoms with E-state index >= 15 is 0 Å². The third-order valence-electron chi connectivity index (χ3n) is 3.60. The molecule has 1 heterocycles. The van der Waals surface area contributed by atoms with Gasteiger partial charge in [-0.25, -0.2) is 12.8 Å². The number of hydrogen-bond acceptors (Lipinski definition) is 4. The van der Waals surface area contributed by atoms with Crippen molar-refractivity contribution in [2.45, 2.75) is 18.9 Å². The Morgan fingerprint density at radius 2 is 2.10 bits per heavy atom. The van der Waals surface area contributed by atoms with Crippen molar-refractivity contribution in [2.75, 3.05) is 25.1 Å². The Labute approximate surface area is 118 Å². The second-order valence-corrected chi connectivity index (χ2v) is 7.51. The number of nitrogens with zero attached hydrogens (tertiary/aromatic N) is 1. The summed E-state index contributed by atoms with van der Waals surface area (Å²) in [5.41, 5.74) is 0.380. The van der Waals surface area contributed by atoms with E-state index in [9.17, 15) is 17.6 Å². The number of carbonyl (C=O) groups excluding carboxylic acids is 1. The van der Waals surface area contributed by atoms with Crippen LogP contribution in [0, 0.1) is 5.82 Å². The Kier molecular flexibility index (Phi) is 4.55. The number of likely N-dealkylation sites (N-methyl/N-ethyl adjacent to an activating group) is 1. The van der Waals surface area contributed by atoms with E-state index in [1.807, 2.05) is 0 Å². The number of hydrogen-bond donors (Lipinski definition) is 0. The maximum absolute atomic E-state index is 13.4. The normalized spacial score (nSPS) is 21.2. The Hall–Kier alpha value is -1.27. The van der Waals surface area contributed by atoms with Crippen molar-refractivity contribution in [3.63, 3.8) is 0 Å². The second-order valence-electron chi connectivity index (χ2n) is 5.28. The Morgan fingerprint density at radius 1 is 1.40 bits per heavy atom. The van der Waals surface area contributed by atoms with Crippen LogP contribution >= 0.6 is 0 Å². The van der Waals surface area contributed by atoms with E-state index in [4.69, 9.17) is 0 Å². The van der Waals surface area contributed by atoms with Gasteiger partial charge in [0.2, 0.25) is 0 Å². The van der Waals surface area contributed by atoms with Crippen LogP contribution in [0.25, 0.3) is 0 Å². The zero-order valence-electron chi connectivity index (χ0n) is 11.4. The maximum Gasteiger partial charge on any atom is 0.151 e. The lowest BCUT2D eigenvalue weighted by Crippen LogP contribution is -2.37. The van der Waals surface area contributed by atoms with Crippen LogP contribution in [0.3, 0.4) is 0 Å². The predicted octanol–water partition coefficient (Wildman–Crippen LogP) is 1.06. The highest BCUT2D eigenvalue weighted by Gasteiger charge is 2.31. The van der Waals surface area contributed by atoms with Crippen molar-refractivity contribution in [3.8, 4) is 0 Å². The summed E-state index contributed by atoms with van der Waals surface area (Å²) in [5, 5.41) is 0. The quantitative estimate of drug-likeness (QED) is 0.816. The molecule has 0 N–H and O–H groups in total. The average molecular weight is 299 g/mol. The first kappa shape index (κ1) is 15.1. The molecule has 110 valence electrons. The Bertz CT molecular complexity index is 600. The van der Waals surface area contributed by atoms with Gasteiger partial charge in [0.15, 0.2) is 15.6 Å². The lowest BCUT2D eigenvalue weighted by Gasteiger charge is -2.22. The minimum Gasteiger partial charge on any atom is -0.298 e. The van der Waals surface area contributed by atoms with E-state index in [0.717, 1.165) is 0 Å². The van der Waals surface area contributed by atoms with E-state index in [0.29, 0.717) is 12.0 Å². The van der Waals surface area contributed by atoms with Gasteiger partial charge >= 0.3 is 0 Å². The fraction of sp³-hybridized carbons (Fsp3) is 0.500. The standard InChI is InChI=1S/C14H18FNO3S/c1-16(12-6-7-20(18,19)10-12)9-13(17)8-11-4-2-3-5-14(11)15/h2-5,12H,6-10H2,1H3. The molecule has 1 aliphatic rings. The average Bonchev–Trinajstić information content (AvgIpc) is 2.73. The molecule has 6 heteroatoms. The molecule has 0 bridgehead atoms. The van der Waals surface area contributed by atoms with Gasteiger partial charge in [0.05, 0.1) is 18.1 Å². The first-order chi connectivity index (χ1) is 9.37. The summed E-state index contributed by atoms with van der Waals surface area (Å²) in [6.07, 6.45) is 0.599. The van der Waals surface area contributed by atoms with Crippen molar-refractivity contribution in [1.82, 2.24) is 4.90 Å². The smallest absolute Gasteiger partial charge is 0.151 e. The van der Waals surface area contributed by atoms with Crippen LogP contribution in [0.5, 0.6) is 0 Å². The number of Topliss-reactive ketones (excluding diaryl/α,β-unsaturated/α-hetero) is 1. The molecule has 20 heavy (non-hydrogen) atoms. The molecular weight excluding hydrogens is 281 g/mol. The van der Waals surface area contributed by atoms with E-state index in [1.54, 1.807) is 30.1 Å².